The summed E-state index contributed by atoms with van der Waals surface area (Å²) in [5.41, 5.74) is 1.19. The van der Waals surface area contributed by atoms with Crippen molar-refractivity contribution in [2.75, 3.05) is 6.61 Å². The van der Waals surface area contributed by atoms with Gasteiger partial charge in [0.2, 0.25) is 0 Å². The zero-order valence-corrected chi connectivity index (χ0v) is 15.3. The second kappa shape index (κ2) is 5.75. The average Bonchev–Trinajstić information content (AvgIpc) is 2.93. The van der Waals surface area contributed by atoms with E-state index >= 15 is 0 Å². The molecule has 2 N–H and O–H groups in total. The summed E-state index contributed by atoms with van der Waals surface area (Å²) in [7, 11) is 0. The van der Waals surface area contributed by atoms with Crippen LogP contribution >= 0.6 is 0 Å². The Kier molecular flexibility index (Phi) is 4.01. The number of carbonyl (C=O) groups excluding carboxylic acids is 2. The molecule has 4 aliphatic carbocycles. The van der Waals surface area contributed by atoms with Gasteiger partial charge in [0.05, 0.1) is 0 Å². The molecule has 0 spiro atoms. The van der Waals surface area contributed by atoms with Gasteiger partial charge in [0, 0.05) is 5.92 Å². The van der Waals surface area contributed by atoms with Gasteiger partial charge in [-0.25, -0.2) is 0 Å². The van der Waals surface area contributed by atoms with E-state index in [2.05, 4.69) is 13.8 Å². The van der Waals surface area contributed by atoms with Crippen molar-refractivity contribution in [3.8, 4) is 0 Å². The lowest BCUT2D eigenvalue weighted by molar-refractivity contribution is -0.135. The maximum atomic E-state index is 12.3. The first kappa shape index (κ1) is 17.4. The maximum Gasteiger partial charge on any atom is 0.184 e. The number of carbonyl (C=O) groups is 2. The summed E-state index contributed by atoms with van der Waals surface area (Å²) in [5, 5.41) is 19.6. The lowest BCUT2D eigenvalue weighted by Crippen LogP contribution is -2.52. The molecule has 0 saturated heterocycles. The lowest BCUT2D eigenvalue weighted by atomic mass is 9.46. The van der Waals surface area contributed by atoms with Crippen molar-refractivity contribution in [2.45, 2.75) is 64.9 Å². The molecular weight excluding hydrogens is 316 g/mol. The third kappa shape index (κ3) is 2.33. The number of fused-ring (bicyclic) bond motifs is 5. The topological polar surface area (TPSA) is 74.6 Å². The van der Waals surface area contributed by atoms with Crippen LogP contribution in [0.3, 0.4) is 0 Å². The summed E-state index contributed by atoms with van der Waals surface area (Å²) in [4.78, 5) is 24.2. The first-order valence-corrected chi connectivity index (χ1v) is 9.88. The van der Waals surface area contributed by atoms with Crippen LogP contribution in [-0.2, 0) is 9.59 Å². The van der Waals surface area contributed by atoms with Gasteiger partial charge in [0.25, 0.3) is 0 Å². The van der Waals surface area contributed by atoms with Gasteiger partial charge >= 0.3 is 0 Å². The van der Waals surface area contributed by atoms with E-state index in [4.69, 9.17) is 0 Å². The van der Waals surface area contributed by atoms with E-state index in [0.717, 1.165) is 38.5 Å². The van der Waals surface area contributed by atoms with Gasteiger partial charge in [-0.15, -0.1) is 0 Å². The van der Waals surface area contributed by atoms with Gasteiger partial charge in [0.1, 0.15) is 12.7 Å². The maximum absolute atomic E-state index is 12.3. The number of ketones is 2. The minimum Gasteiger partial charge on any atom is -0.389 e. The van der Waals surface area contributed by atoms with E-state index in [9.17, 15) is 19.8 Å². The van der Waals surface area contributed by atoms with E-state index in [1.54, 1.807) is 6.08 Å². The van der Waals surface area contributed by atoms with Gasteiger partial charge in [0.15, 0.2) is 11.6 Å². The zero-order chi connectivity index (χ0) is 18.0. The van der Waals surface area contributed by atoms with Gasteiger partial charge in [-0.05, 0) is 79.6 Å². The van der Waals surface area contributed by atoms with Crippen molar-refractivity contribution < 1.29 is 19.8 Å². The number of allylic oxidation sites excluding steroid dienone is 1. The van der Waals surface area contributed by atoms with E-state index in [0.29, 0.717) is 24.2 Å². The molecule has 4 nitrogen and oxygen atoms in total. The van der Waals surface area contributed by atoms with Crippen LogP contribution in [0.1, 0.15) is 58.8 Å². The second-order valence-corrected chi connectivity index (χ2v) is 9.42. The van der Waals surface area contributed by atoms with Crippen molar-refractivity contribution in [3.63, 3.8) is 0 Å². The van der Waals surface area contributed by atoms with E-state index in [-0.39, 0.29) is 34.9 Å². The monoisotopic (exact) mass is 346 g/mol. The fourth-order valence-corrected chi connectivity index (χ4v) is 7.26. The smallest absolute Gasteiger partial charge is 0.184 e. The van der Waals surface area contributed by atoms with Crippen LogP contribution in [0.5, 0.6) is 0 Å². The molecule has 0 bridgehead atoms. The molecule has 0 heterocycles. The molecular formula is C21H30O4. The SMILES string of the molecule is C[C@]12CC[C@H]3[C@@H](CCC4=CC(=O)[C@H](O)C[C@@]43C)[C@@H]1CC[C@@H]2C(=O)CO. The molecule has 0 aromatic carbocycles. The fourth-order valence-electron chi connectivity index (χ4n) is 7.26. The molecule has 0 aromatic heterocycles. The van der Waals surface area contributed by atoms with Crippen molar-refractivity contribution in [1.29, 1.82) is 0 Å². The summed E-state index contributed by atoms with van der Waals surface area (Å²) < 4.78 is 0. The fraction of sp³-hybridized carbons (Fsp3) is 0.810. The zero-order valence-electron chi connectivity index (χ0n) is 15.3. The predicted molar refractivity (Wildman–Crippen MR) is 93.7 cm³/mol. The highest BCUT2D eigenvalue weighted by molar-refractivity contribution is 5.95. The average molecular weight is 346 g/mol. The molecule has 4 rings (SSSR count). The molecule has 138 valence electrons. The third-order valence-corrected chi connectivity index (χ3v) is 8.54. The van der Waals surface area contributed by atoms with Crippen molar-refractivity contribution in [3.05, 3.63) is 11.6 Å². The Labute approximate surface area is 149 Å². The summed E-state index contributed by atoms with van der Waals surface area (Å²) in [6.45, 7) is 4.19. The standard InChI is InChI=1S/C21H30O4/c1-20-8-7-15-13(14(20)5-6-16(20)19(25)11-22)4-3-12-9-17(23)18(24)10-21(12,15)2/h9,13-16,18,22,24H,3-8,10-11H2,1-2H3/t13-,14-,15-,16+,18+,20-,21-/m0/s1. The molecule has 4 aliphatic rings. The molecule has 0 aliphatic heterocycles. The number of aliphatic hydroxyl groups excluding tert-OH is 2. The number of aliphatic hydroxyl groups is 2. The summed E-state index contributed by atoms with van der Waals surface area (Å²) in [6, 6.07) is 0. The summed E-state index contributed by atoms with van der Waals surface area (Å²) in [5.74, 6) is 1.49. The quantitative estimate of drug-likeness (QED) is 0.806. The molecule has 0 aromatic rings. The highest BCUT2D eigenvalue weighted by Gasteiger charge is 2.60. The van der Waals surface area contributed by atoms with E-state index < -0.39 is 6.10 Å². The number of rotatable bonds is 2. The number of hydrogen-bond donors (Lipinski definition) is 2. The Balaban J connectivity index is 1.65. The van der Waals surface area contributed by atoms with Gasteiger partial charge < -0.3 is 10.2 Å². The molecule has 0 unspecified atom stereocenters. The minimum atomic E-state index is -0.854. The molecule has 0 radical (unpaired) electrons. The Hall–Kier alpha value is -1.00. The number of hydrogen-bond acceptors (Lipinski definition) is 4. The first-order chi connectivity index (χ1) is 11.8. The highest BCUT2D eigenvalue weighted by Crippen LogP contribution is 2.66. The first-order valence-electron chi connectivity index (χ1n) is 9.88. The Morgan fingerprint density at radius 3 is 2.68 bits per heavy atom. The number of Topliss-reactive ketones (excluding diaryl/α,β-unsaturated/α-hetero) is 1. The van der Waals surface area contributed by atoms with Crippen LogP contribution in [-0.4, -0.2) is 34.5 Å². The molecule has 0 amide bonds. The van der Waals surface area contributed by atoms with Crippen LogP contribution in [0.25, 0.3) is 0 Å². The predicted octanol–water partition coefficient (Wildman–Crippen LogP) is 2.67. The van der Waals surface area contributed by atoms with Gasteiger partial charge in [-0.3, -0.25) is 9.59 Å². The second-order valence-electron chi connectivity index (χ2n) is 9.42. The van der Waals surface area contributed by atoms with Crippen LogP contribution in [0.4, 0.5) is 0 Å². The Morgan fingerprint density at radius 1 is 1.20 bits per heavy atom. The normalized spacial score (nSPS) is 49.0. The van der Waals surface area contributed by atoms with Crippen molar-refractivity contribution in [2.24, 2.45) is 34.5 Å². The van der Waals surface area contributed by atoms with Crippen LogP contribution in [0.2, 0.25) is 0 Å². The molecule has 4 heteroatoms. The van der Waals surface area contributed by atoms with Gasteiger partial charge in [-0.2, -0.15) is 0 Å². The third-order valence-electron chi connectivity index (χ3n) is 8.54. The van der Waals surface area contributed by atoms with Crippen molar-refractivity contribution in [1.82, 2.24) is 0 Å². The molecule has 3 fully saturated rings. The summed E-state index contributed by atoms with van der Waals surface area (Å²) >= 11 is 0. The van der Waals surface area contributed by atoms with E-state index in [1.807, 2.05) is 0 Å². The van der Waals surface area contributed by atoms with Gasteiger partial charge in [-0.1, -0.05) is 19.4 Å². The minimum absolute atomic E-state index is 0.00622. The van der Waals surface area contributed by atoms with E-state index in [1.165, 1.54) is 5.57 Å². The Morgan fingerprint density at radius 2 is 1.96 bits per heavy atom. The molecule has 3 saturated carbocycles. The van der Waals surface area contributed by atoms with Crippen LogP contribution in [0.15, 0.2) is 11.6 Å². The van der Waals surface area contributed by atoms with Crippen molar-refractivity contribution >= 4 is 11.6 Å². The Bertz CT molecular complexity index is 638. The van der Waals surface area contributed by atoms with Crippen LogP contribution in [0, 0.1) is 34.5 Å². The lowest BCUT2D eigenvalue weighted by Gasteiger charge is -2.58. The van der Waals surface area contributed by atoms with Crippen LogP contribution < -0.4 is 0 Å². The summed E-state index contributed by atoms with van der Waals surface area (Å²) in [6.07, 6.45) is 7.52. The largest absolute Gasteiger partial charge is 0.389 e. The molecule has 7 atom stereocenters. The molecule has 25 heavy (non-hydrogen) atoms. The highest BCUT2D eigenvalue weighted by atomic mass is 16.3.